The summed E-state index contributed by atoms with van der Waals surface area (Å²) >= 11 is 5.57. The van der Waals surface area contributed by atoms with Crippen LogP contribution in [0.2, 0.25) is 5.28 Å². The molecule has 0 fully saturated rings. The highest BCUT2D eigenvalue weighted by Gasteiger charge is 2.16. The van der Waals surface area contributed by atoms with Gasteiger partial charge in [-0.15, -0.1) is 0 Å². The lowest BCUT2D eigenvalue weighted by molar-refractivity contribution is 0.100. The van der Waals surface area contributed by atoms with Crippen LogP contribution in [0.15, 0.2) is 18.3 Å². The number of aromatic nitrogens is 2. The molecule has 1 heterocycles. The largest absolute Gasteiger partial charge is 0.365 e. The lowest BCUT2D eigenvalue weighted by atomic mass is 10.2. The third-order valence-corrected chi connectivity index (χ3v) is 2.78. The van der Waals surface area contributed by atoms with Gasteiger partial charge in [-0.05, 0) is 23.7 Å². The van der Waals surface area contributed by atoms with Crippen LogP contribution < -0.4 is 11.1 Å². The minimum absolute atomic E-state index is 0.106. The van der Waals surface area contributed by atoms with Gasteiger partial charge >= 0.3 is 0 Å². The zero-order valence-electron chi connectivity index (χ0n) is 10.3. The number of carbonyl (C=O) groups excluding carboxylic acids is 1. The Balaban J connectivity index is 2.31. The van der Waals surface area contributed by atoms with E-state index < -0.39 is 35.5 Å². The maximum Gasteiger partial charge on any atom is 0.254 e. The molecule has 0 unspecified atom stereocenters. The van der Waals surface area contributed by atoms with Crippen molar-refractivity contribution >= 4 is 23.3 Å². The van der Waals surface area contributed by atoms with Gasteiger partial charge in [0.25, 0.3) is 5.91 Å². The fourth-order valence-electron chi connectivity index (χ4n) is 1.58. The summed E-state index contributed by atoms with van der Waals surface area (Å²) in [5.41, 5.74) is 4.45. The first-order valence-corrected chi connectivity index (χ1v) is 5.96. The molecule has 0 bridgehead atoms. The van der Waals surface area contributed by atoms with Gasteiger partial charge in [-0.2, -0.15) is 4.98 Å². The predicted octanol–water partition coefficient (Wildman–Crippen LogP) is 2.26. The van der Waals surface area contributed by atoms with Crippen LogP contribution in [0.25, 0.3) is 0 Å². The molecular formula is C12H8ClF3N4O. The fraction of sp³-hybridized carbons (Fsp3) is 0.0833. The Bertz CT molecular complexity index is 711. The lowest BCUT2D eigenvalue weighted by Crippen LogP contribution is -2.17. The van der Waals surface area contributed by atoms with Crippen molar-refractivity contribution in [2.24, 2.45) is 5.73 Å². The number of primary amides is 1. The summed E-state index contributed by atoms with van der Waals surface area (Å²) < 4.78 is 40.0. The minimum Gasteiger partial charge on any atom is -0.365 e. The van der Waals surface area contributed by atoms with E-state index in [1.807, 2.05) is 0 Å². The summed E-state index contributed by atoms with van der Waals surface area (Å²) in [5, 5.41) is 2.29. The Morgan fingerprint density at radius 1 is 1.29 bits per heavy atom. The summed E-state index contributed by atoms with van der Waals surface area (Å²) in [6.45, 7) is -0.455. The van der Waals surface area contributed by atoms with Crippen molar-refractivity contribution < 1.29 is 18.0 Å². The van der Waals surface area contributed by atoms with Crippen LogP contribution in [0, 0.1) is 17.5 Å². The third-order valence-electron chi connectivity index (χ3n) is 2.60. The second kappa shape index (κ2) is 5.96. The van der Waals surface area contributed by atoms with E-state index in [0.717, 1.165) is 12.3 Å². The Morgan fingerprint density at radius 2 is 1.95 bits per heavy atom. The Hall–Kier alpha value is -2.35. The van der Waals surface area contributed by atoms with E-state index in [4.69, 9.17) is 17.3 Å². The number of hydrogen-bond donors (Lipinski definition) is 2. The van der Waals surface area contributed by atoms with Gasteiger partial charge in [-0.3, -0.25) is 4.79 Å². The predicted molar refractivity (Wildman–Crippen MR) is 69.2 cm³/mol. The molecule has 0 atom stereocenters. The number of anilines is 1. The van der Waals surface area contributed by atoms with Gasteiger partial charge < -0.3 is 11.1 Å². The van der Waals surface area contributed by atoms with Crippen LogP contribution in [0.1, 0.15) is 15.9 Å². The first-order chi connectivity index (χ1) is 9.90. The maximum absolute atomic E-state index is 13.5. The van der Waals surface area contributed by atoms with Gasteiger partial charge in [-0.1, -0.05) is 0 Å². The molecule has 21 heavy (non-hydrogen) atoms. The smallest absolute Gasteiger partial charge is 0.254 e. The fourth-order valence-corrected chi connectivity index (χ4v) is 1.71. The SMILES string of the molecule is NC(=O)c1cnc(Cl)nc1NCc1c(F)ccc(F)c1F. The van der Waals surface area contributed by atoms with Gasteiger partial charge in [0.2, 0.25) is 5.28 Å². The second-order valence-electron chi connectivity index (χ2n) is 3.94. The zero-order valence-corrected chi connectivity index (χ0v) is 11.1. The number of rotatable bonds is 4. The van der Waals surface area contributed by atoms with E-state index >= 15 is 0 Å². The number of nitrogens with two attached hydrogens (primary N) is 1. The molecule has 9 heteroatoms. The van der Waals surface area contributed by atoms with E-state index in [1.165, 1.54) is 0 Å². The molecule has 0 saturated carbocycles. The molecule has 0 spiro atoms. The molecule has 110 valence electrons. The van der Waals surface area contributed by atoms with Gasteiger partial charge in [0.05, 0.1) is 5.56 Å². The summed E-state index contributed by atoms with van der Waals surface area (Å²) in [6, 6.07) is 1.46. The number of nitrogens with zero attached hydrogens (tertiary/aromatic N) is 2. The van der Waals surface area contributed by atoms with E-state index in [-0.39, 0.29) is 16.7 Å². The zero-order chi connectivity index (χ0) is 15.6. The lowest BCUT2D eigenvalue weighted by Gasteiger charge is -2.10. The van der Waals surface area contributed by atoms with Crippen molar-refractivity contribution in [3.8, 4) is 0 Å². The van der Waals surface area contributed by atoms with Gasteiger partial charge in [0, 0.05) is 18.3 Å². The van der Waals surface area contributed by atoms with Crippen molar-refractivity contribution in [2.75, 3.05) is 5.32 Å². The quantitative estimate of drug-likeness (QED) is 0.669. The number of amides is 1. The third kappa shape index (κ3) is 3.22. The van der Waals surface area contributed by atoms with Crippen LogP contribution in [-0.2, 0) is 6.54 Å². The van der Waals surface area contributed by atoms with Crippen LogP contribution >= 0.6 is 11.6 Å². The summed E-state index contributed by atoms with van der Waals surface area (Å²) in [6.07, 6.45) is 1.07. The number of halogens is 4. The monoisotopic (exact) mass is 316 g/mol. The molecule has 0 aliphatic rings. The molecule has 2 rings (SSSR count). The molecule has 1 amide bonds. The number of benzene rings is 1. The van der Waals surface area contributed by atoms with Gasteiger partial charge in [0.1, 0.15) is 11.6 Å². The van der Waals surface area contributed by atoms with Gasteiger partial charge in [-0.25, -0.2) is 18.2 Å². The van der Waals surface area contributed by atoms with Crippen molar-refractivity contribution in [1.29, 1.82) is 0 Å². The summed E-state index contributed by atoms with van der Waals surface area (Å²) in [4.78, 5) is 18.4. The number of nitrogens with one attached hydrogen (secondary N) is 1. The van der Waals surface area contributed by atoms with E-state index in [0.29, 0.717) is 6.07 Å². The van der Waals surface area contributed by atoms with Crippen LogP contribution in [0.3, 0.4) is 0 Å². The summed E-state index contributed by atoms with van der Waals surface area (Å²) in [5.74, 6) is -4.42. The summed E-state index contributed by atoms with van der Waals surface area (Å²) in [7, 11) is 0. The van der Waals surface area contributed by atoms with Crippen LogP contribution in [0.4, 0.5) is 19.0 Å². The first kappa shape index (κ1) is 15.0. The molecule has 1 aromatic carbocycles. The number of hydrogen-bond acceptors (Lipinski definition) is 4. The number of carbonyl (C=O) groups is 1. The van der Waals surface area contributed by atoms with E-state index in [1.54, 1.807) is 0 Å². The molecule has 1 aromatic heterocycles. The molecule has 0 aliphatic carbocycles. The normalized spacial score (nSPS) is 10.5. The second-order valence-corrected chi connectivity index (χ2v) is 4.28. The Kier molecular flexibility index (Phi) is 4.27. The van der Waals surface area contributed by atoms with Crippen molar-refractivity contribution in [3.05, 3.63) is 52.2 Å². The van der Waals surface area contributed by atoms with Crippen LogP contribution in [-0.4, -0.2) is 15.9 Å². The standard InChI is InChI=1S/C12H8ClF3N4O/c13-12-19-4-6(10(17)21)11(20-12)18-3-5-7(14)1-2-8(15)9(5)16/h1-2,4H,3H2,(H2,17,21)(H,18,19,20). The molecule has 5 nitrogen and oxygen atoms in total. The molecule has 3 N–H and O–H groups in total. The minimum atomic E-state index is -1.33. The molecule has 2 aromatic rings. The first-order valence-electron chi connectivity index (χ1n) is 5.58. The van der Waals surface area contributed by atoms with Crippen LogP contribution in [0.5, 0.6) is 0 Å². The highest BCUT2D eigenvalue weighted by atomic mass is 35.5. The van der Waals surface area contributed by atoms with E-state index in [9.17, 15) is 18.0 Å². The Morgan fingerprint density at radius 3 is 2.62 bits per heavy atom. The topological polar surface area (TPSA) is 80.9 Å². The molecule has 0 saturated heterocycles. The van der Waals surface area contributed by atoms with Crippen molar-refractivity contribution in [2.45, 2.75) is 6.54 Å². The maximum atomic E-state index is 13.5. The van der Waals surface area contributed by atoms with Crippen molar-refractivity contribution in [3.63, 3.8) is 0 Å². The Labute approximate surface area is 122 Å². The van der Waals surface area contributed by atoms with Gasteiger partial charge in [0.15, 0.2) is 11.6 Å². The molecule has 0 radical (unpaired) electrons. The average Bonchev–Trinajstić information content (AvgIpc) is 2.43. The molecule has 0 aliphatic heterocycles. The highest BCUT2D eigenvalue weighted by molar-refractivity contribution is 6.28. The average molecular weight is 317 g/mol. The highest BCUT2D eigenvalue weighted by Crippen LogP contribution is 2.19. The van der Waals surface area contributed by atoms with Crippen molar-refractivity contribution in [1.82, 2.24) is 9.97 Å². The molecular weight excluding hydrogens is 309 g/mol. The van der Waals surface area contributed by atoms with E-state index in [2.05, 4.69) is 15.3 Å².